The number of carbonyl (C=O) groups excluding carboxylic acids is 3. The van der Waals surface area contributed by atoms with Crippen LogP contribution >= 0.6 is 0 Å². The molecule has 6 heteroatoms. The van der Waals surface area contributed by atoms with E-state index in [-0.39, 0.29) is 35.8 Å². The maximum Gasteiger partial charge on any atom is 0.352 e. The molecule has 6 nitrogen and oxygen atoms in total. The van der Waals surface area contributed by atoms with Gasteiger partial charge in [-0.05, 0) is 19.1 Å². The van der Waals surface area contributed by atoms with Crippen molar-refractivity contribution in [2.24, 2.45) is 4.99 Å². The lowest BCUT2D eigenvalue weighted by atomic mass is 10.1. The molecule has 0 saturated heterocycles. The van der Waals surface area contributed by atoms with Gasteiger partial charge in [0.05, 0.1) is 31.4 Å². The lowest BCUT2D eigenvalue weighted by Crippen LogP contribution is -2.20. The second-order valence-corrected chi connectivity index (χ2v) is 5.25. The van der Waals surface area contributed by atoms with Gasteiger partial charge in [-0.2, -0.15) is 0 Å². The number of carbonyl (C=O) groups is 3. The maximum absolute atomic E-state index is 12.4. The predicted molar refractivity (Wildman–Crippen MR) is 96.9 cm³/mol. The van der Waals surface area contributed by atoms with Gasteiger partial charge in [-0.25, -0.2) is 14.6 Å². The Hall–Kier alpha value is -3.28. The zero-order chi connectivity index (χ0) is 18.9. The highest BCUT2D eigenvalue weighted by Gasteiger charge is 2.20. The minimum Gasteiger partial charge on any atom is -0.465 e. The highest BCUT2D eigenvalue weighted by molar-refractivity contribution is 6.41. The van der Waals surface area contributed by atoms with Crippen LogP contribution < -0.4 is 0 Å². The molecular weight excluding hydrogens is 334 g/mol. The van der Waals surface area contributed by atoms with E-state index in [1.54, 1.807) is 61.5 Å². The summed E-state index contributed by atoms with van der Waals surface area (Å²) in [5.41, 5.74) is 0.830. The third-order valence-electron chi connectivity index (χ3n) is 3.50. The first kappa shape index (κ1) is 19.1. The number of nitrogens with zero attached hydrogens (tertiary/aromatic N) is 1. The minimum atomic E-state index is -0.729. The smallest absolute Gasteiger partial charge is 0.352 e. The van der Waals surface area contributed by atoms with E-state index in [9.17, 15) is 14.4 Å². The number of Topliss-reactive ketones (excluding diaryl/α,β-unsaturated/α-hetero) is 1. The lowest BCUT2D eigenvalue weighted by Gasteiger charge is -2.08. The molecule has 0 heterocycles. The van der Waals surface area contributed by atoms with E-state index in [1.165, 1.54) is 7.11 Å². The van der Waals surface area contributed by atoms with Crippen LogP contribution in [0.1, 0.15) is 34.1 Å². The van der Waals surface area contributed by atoms with Gasteiger partial charge in [-0.3, -0.25) is 4.79 Å². The SMILES string of the molecule is CCOC(=O)c1ccccc1N=C(CC(=O)c1ccccc1)C(=O)OC. The number of ketones is 1. The molecule has 0 aliphatic carbocycles. The molecule has 0 N–H and O–H groups in total. The van der Waals surface area contributed by atoms with Crippen molar-refractivity contribution in [3.8, 4) is 0 Å². The largest absolute Gasteiger partial charge is 0.465 e. The van der Waals surface area contributed by atoms with Crippen LogP contribution in [-0.2, 0) is 14.3 Å². The van der Waals surface area contributed by atoms with Crippen molar-refractivity contribution in [2.45, 2.75) is 13.3 Å². The van der Waals surface area contributed by atoms with E-state index in [2.05, 4.69) is 4.99 Å². The van der Waals surface area contributed by atoms with Crippen molar-refractivity contribution in [3.05, 3.63) is 65.7 Å². The molecule has 0 atom stereocenters. The van der Waals surface area contributed by atoms with Gasteiger partial charge in [0.2, 0.25) is 0 Å². The van der Waals surface area contributed by atoms with Crippen LogP contribution in [0, 0.1) is 0 Å². The predicted octanol–water partition coefficient (Wildman–Crippen LogP) is 3.38. The number of para-hydroxylation sites is 1. The fraction of sp³-hybridized carbons (Fsp3) is 0.200. The van der Waals surface area contributed by atoms with Crippen LogP contribution in [-0.4, -0.2) is 37.2 Å². The molecule has 0 unspecified atom stereocenters. The molecule has 0 spiro atoms. The first-order valence-corrected chi connectivity index (χ1v) is 8.07. The van der Waals surface area contributed by atoms with E-state index >= 15 is 0 Å². The monoisotopic (exact) mass is 353 g/mol. The average molecular weight is 353 g/mol. The minimum absolute atomic E-state index is 0.0851. The topological polar surface area (TPSA) is 82.0 Å². The summed E-state index contributed by atoms with van der Waals surface area (Å²) in [6, 6.07) is 15.0. The molecule has 0 radical (unpaired) electrons. The number of esters is 2. The number of ether oxygens (including phenoxy) is 2. The summed E-state index contributed by atoms with van der Waals surface area (Å²) in [5, 5.41) is 0. The van der Waals surface area contributed by atoms with Crippen molar-refractivity contribution >= 4 is 29.1 Å². The average Bonchev–Trinajstić information content (AvgIpc) is 2.68. The summed E-state index contributed by atoms with van der Waals surface area (Å²) in [5.74, 6) is -1.55. The summed E-state index contributed by atoms with van der Waals surface area (Å²) in [4.78, 5) is 40.7. The Balaban J connectivity index is 2.37. The normalized spacial score (nSPS) is 10.9. The zero-order valence-corrected chi connectivity index (χ0v) is 14.6. The van der Waals surface area contributed by atoms with E-state index in [4.69, 9.17) is 9.47 Å². The number of aliphatic imine (C=N–C) groups is 1. The molecule has 2 aromatic rings. The van der Waals surface area contributed by atoms with E-state index < -0.39 is 11.9 Å². The Kier molecular flexibility index (Phi) is 6.79. The molecule has 2 rings (SSSR count). The van der Waals surface area contributed by atoms with Gasteiger partial charge in [0, 0.05) is 5.56 Å². The van der Waals surface area contributed by atoms with Gasteiger partial charge < -0.3 is 9.47 Å². The molecule has 134 valence electrons. The van der Waals surface area contributed by atoms with E-state index in [1.807, 2.05) is 0 Å². The summed E-state index contributed by atoms with van der Waals surface area (Å²) < 4.78 is 9.73. The molecule has 0 aromatic heterocycles. The molecule has 0 aliphatic heterocycles. The second kappa shape index (κ2) is 9.27. The molecule has 0 saturated carbocycles. The van der Waals surface area contributed by atoms with E-state index in [0.29, 0.717) is 5.56 Å². The highest BCUT2D eigenvalue weighted by atomic mass is 16.5. The number of rotatable bonds is 7. The molecule has 0 bridgehead atoms. The summed E-state index contributed by atoms with van der Waals surface area (Å²) >= 11 is 0. The van der Waals surface area contributed by atoms with Gasteiger partial charge in [0.1, 0.15) is 5.71 Å². The van der Waals surface area contributed by atoms with Crippen molar-refractivity contribution in [2.75, 3.05) is 13.7 Å². The first-order valence-electron chi connectivity index (χ1n) is 8.07. The Morgan fingerprint density at radius 3 is 2.27 bits per heavy atom. The third kappa shape index (κ3) is 4.86. The zero-order valence-electron chi connectivity index (χ0n) is 14.6. The molecular formula is C20H19NO5. The quantitative estimate of drug-likeness (QED) is 0.433. The Bertz CT molecular complexity index is 827. The first-order chi connectivity index (χ1) is 12.6. The van der Waals surface area contributed by atoms with Crippen LogP contribution in [0.25, 0.3) is 0 Å². The Morgan fingerprint density at radius 1 is 0.962 bits per heavy atom. The summed E-state index contributed by atoms with van der Waals surface area (Å²) in [6.07, 6.45) is -0.242. The molecule has 2 aromatic carbocycles. The third-order valence-corrected chi connectivity index (χ3v) is 3.50. The van der Waals surface area contributed by atoms with Gasteiger partial charge in [0.25, 0.3) is 0 Å². The number of methoxy groups -OCH3 is 1. The van der Waals surface area contributed by atoms with Crippen molar-refractivity contribution in [1.29, 1.82) is 0 Å². The van der Waals surface area contributed by atoms with Crippen LogP contribution in [0.2, 0.25) is 0 Å². The van der Waals surface area contributed by atoms with Crippen molar-refractivity contribution < 1.29 is 23.9 Å². The van der Waals surface area contributed by atoms with Crippen LogP contribution in [0.4, 0.5) is 5.69 Å². The second-order valence-electron chi connectivity index (χ2n) is 5.25. The standard InChI is InChI=1S/C20H19NO5/c1-3-26-19(23)15-11-7-8-12-16(15)21-17(20(24)25-2)13-18(22)14-9-5-4-6-10-14/h4-12H,3,13H2,1-2H3. The fourth-order valence-corrected chi connectivity index (χ4v) is 2.25. The van der Waals surface area contributed by atoms with Crippen LogP contribution in [0.15, 0.2) is 59.6 Å². The molecule has 0 amide bonds. The van der Waals surface area contributed by atoms with Crippen LogP contribution in [0.5, 0.6) is 0 Å². The highest BCUT2D eigenvalue weighted by Crippen LogP contribution is 2.21. The van der Waals surface area contributed by atoms with Crippen molar-refractivity contribution in [3.63, 3.8) is 0 Å². The van der Waals surface area contributed by atoms with Gasteiger partial charge in [-0.1, -0.05) is 42.5 Å². The Morgan fingerprint density at radius 2 is 1.62 bits per heavy atom. The fourth-order valence-electron chi connectivity index (χ4n) is 2.25. The molecule has 0 aliphatic rings. The molecule has 26 heavy (non-hydrogen) atoms. The van der Waals surface area contributed by atoms with E-state index in [0.717, 1.165) is 0 Å². The van der Waals surface area contributed by atoms with Gasteiger partial charge in [-0.15, -0.1) is 0 Å². The molecule has 0 fully saturated rings. The van der Waals surface area contributed by atoms with Crippen LogP contribution in [0.3, 0.4) is 0 Å². The van der Waals surface area contributed by atoms with Gasteiger partial charge in [0.15, 0.2) is 5.78 Å². The summed E-state index contributed by atoms with van der Waals surface area (Å²) in [7, 11) is 1.21. The maximum atomic E-state index is 12.4. The van der Waals surface area contributed by atoms with Gasteiger partial charge >= 0.3 is 11.9 Å². The lowest BCUT2D eigenvalue weighted by molar-refractivity contribution is -0.132. The number of hydrogen-bond donors (Lipinski definition) is 0. The van der Waals surface area contributed by atoms with Crippen molar-refractivity contribution in [1.82, 2.24) is 0 Å². The number of hydrogen-bond acceptors (Lipinski definition) is 6. The summed E-state index contributed by atoms with van der Waals surface area (Å²) in [6.45, 7) is 1.91. The number of benzene rings is 2. The Labute approximate surface area is 151 Å².